The first-order valence-corrected chi connectivity index (χ1v) is 14.4. The number of carboxylic acid groups (broad SMARTS) is 1. The number of likely N-dealkylation sites (tertiary alicyclic amines) is 1. The Labute approximate surface area is 237 Å². The summed E-state index contributed by atoms with van der Waals surface area (Å²) < 4.78 is 6.01. The van der Waals surface area contributed by atoms with Crippen molar-refractivity contribution in [2.24, 2.45) is 23.0 Å². The van der Waals surface area contributed by atoms with E-state index in [0.717, 1.165) is 29.7 Å². The van der Waals surface area contributed by atoms with Crippen LogP contribution in [0.2, 0.25) is 0 Å². The van der Waals surface area contributed by atoms with Crippen LogP contribution in [0.25, 0.3) is 0 Å². The van der Waals surface area contributed by atoms with Crippen LogP contribution in [-0.4, -0.2) is 59.1 Å². The molecule has 4 rings (SSSR count). The highest BCUT2D eigenvalue weighted by Crippen LogP contribution is 2.37. The average molecular weight is 550 g/mol. The van der Waals surface area contributed by atoms with E-state index in [-0.39, 0.29) is 24.3 Å². The maximum atomic E-state index is 14.3. The summed E-state index contributed by atoms with van der Waals surface area (Å²) in [5.74, 6) is -0.771. The Balaban J connectivity index is 1.64. The average Bonchev–Trinajstić information content (AvgIpc) is 3.15. The largest absolute Gasteiger partial charge is 0.493 e. The van der Waals surface area contributed by atoms with Gasteiger partial charge in [0.1, 0.15) is 11.8 Å². The number of piperidine rings is 1. The van der Waals surface area contributed by atoms with E-state index in [4.69, 9.17) is 10.5 Å². The molecule has 0 spiro atoms. The van der Waals surface area contributed by atoms with Gasteiger partial charge in [-0.25, -0.2) is 0 Å². The van der Waals surface area contributed by atoms with Gasteiger partial charge in [0.25, 0.3) is 0 Å². The van der Waals surface area contributed by atoms with Gasteiger partial charge < -0.3 is 25.8 Å². The van der Waals surface area contributed by atoms with E-state index in [1.807, 2.05) is 61.5 Å². The predicted octanol–water partition coefficient (Wildman–Crippen LogP) is 3.81. The normalized spacial score (nSPS) is 22.7. The van der Waals surface area contributed by atoms with Crippen LogP contribution in [0.15, 0.2) is 54.6 Å². The lowest BCUT2D eigenvalue weighted by atomic mass is 9.74. The molecule has 8 heteroatoms. The van der Waals surface area contributed by atoms with Crippen molar-refractivity contribution in [3.8, 4) is 5.75 Å². The van der Waals surface area contributed by atoms with Crippen molar-refractivity contribution < 1.29 is 24.2 Å². The zero-order valence-electron chi connectivity index (χ0n) is 23.9. The molecule has 3 unspecified atom stereocenters. The number of amides is 2. The van der Waals surface area contributed by atoms with Crippen molar-refractivity contribution in [2.45, 2.75) is 70.9 Å². The number of nitrogens with zero attached hydrogens (tertiary/aromatic N) is 1. The fourth-order valence-corrected chi connectivity index (χ4v) is 6.30. The zero-order valence-corrected chi connectivity index (χ0v) is 23.9. The number of hydrogen-bond acceptors (Lipinski definition) is 5. The van der Waals surface area contributed by atoms with Gasteiger partial charge in [0, 0.05) is 13.1 Å². The maximum Gasteiger partial charge on any atom is 0.311 e. The number of ether oxygens (including phenoxy) is 1. The third kappa shape index (κ3) is 6.66. The number of carboxylic acids is 1. The second-order valence-corrected chi connectivity index (χ2v) is 12.1. The summed E-state index contributed by atoms with van der Waals surface area (Å²) in [6, 6.07) is 16.7. The Morgan fingerprint density at radius 2 is 1.85 bits per heavy atom. The molecule has 0 radical (unpaired) electrons. The van der Waals surface area contributed by atoms with Crippen LogP contribution < -0.4 is 15.8 Å². The molecule has 1 fully saturated rings. The van der Waals surface area contributed by atoms with E-state index in [2.05, 4.69) is 5.32 Å². The molecule has 2 aromatic rings. The van der Waals surface area contributed by atoms with E-state index in [9.17, 15) is 19.5 Å². The van der Waals surface area contributed by atoms with Crippen LogP contribution >= 0.6 is 0 Å². The van der Waals surface area contributed by atoms with Crippen molar-refractivity contribution in [3.05, 3.63) is 65.7 Å². The molecule has 40 heavy (non-hydrogen) atoms. The number of benzene rings is 2. The first-order chi connectivity index (χ1) is 19.0. The number of carbonyl (C=O) groups is 3. The van der Waals surface area contributed by atoms with Gasteiger partial charge in [0.05, 0.1) is 17.6 Å². The number of carbonyl (C=O) groups excluding carboxylic acids is 2. The number of hydrogen-bond donors (Lipinski definition) is 3. The minimum absolute atomic E-state index is 0.0853. The number of nitrogens with two attached hydrogens (primary N) is 1. The van der Waals surface area contributed by atoms with Crippen LogP contribution in [-0.2, 0) is 27.2 Å². The van der Waals surface area contributed by atoms with Crippen molar-refractivity contribution in [3.63, 3.8) is 0 Å². The van der Waals surface area contributed by atoms with Gasteiger partial charge in [-0.1, -0.05) is 61.9 Å². The number of aliphatic carboxylic acids is 1. The smallest absolute Gasteiger partial charge is 0.311 e. The lowest BCUT2D eigenvalue weighted by Gasteiger charge is -2.43. The molecule has 2 aliphatic rings. The minimum atomic E-state index is -1.17. The first kappa shape index (κ1) is 29.6. The molecule has 8 nitrogen and oxygen atoms in total. The second-order valence-electron chi connectivity index (χ2n) is 12.1. The molecule has 2 amide bonds. The van der Waals surface area contributed by atoms with Crippen LogP contribution in [0.1, 0.15) is 57.6 Å². The molecular weight excluding hydrogens is 506 g/mol. The highest BCUT2D eigenvalue weighted by molar-refractivity contribution is 5.92. The quantitative estimate of drug-likeness (QED) is 0.437. The van der Waals surface area contributed by atoms with Gasteiger partial charge in [0.2, 0.25) is 11.8 Å². The van der Waals surface area contributed by atoms with Crippen molar-refractivity contribution >= 4 is 17.8 Å². The summed E-state index contributed by atoms with van der Waals surface area (Å²) in [5, 5.41) is 13.4. The fraction of sp³-hybridized carbons (Fsp3) is 0.531. The lowest BCUT2D eigenvalue weighted by Crippen LogP contribution is -2.61. The molecule has 2 aliphatic heterocycles. The van der Waals surface area contributed by atoms with Gasteiger partial charge in [-0.3, -0.25) is 14.4 Å². The number of fused-ring (bicyclic) bond motifs is 1. The lowest BCUT2D eigenvalue weighted by molar-refractivity contribution is -0.156. The van der Waals surface area contributed by atoms with Gasteiger partial charge >= 0.3 is 5.97 Å². The molecule has 216 valence electrons. The Morgan fingerprint density at radius 3 is 2.52 bits per heavy atom. The molecule has 1 saturated heterocycles. The summed E-state index contributed by atoms with van der Waals surface area (Å²) in [7, 11) is 0. The minimum Gasteiger partial charge on any atom is -0.493 e. The second kappa shape index (κ2) is 12.4. The Bertz CT molecular complexity index is 1190. The summed E-state index contributed by atoms with van der Waals surface area (Å²) in [5.41, 5.74) is 5.91. The number of rotatable bonds is 9. The highest BCUT2D eigenvalue weighted by atomic mass is 16.5. The monoisotopic (exact) mass is 549 g/mol. The third-order valence-corrected chi connectivity index (χ3v) is 8.57. The highest BCUT2D eigenvalue weighted by Gasteiger charge is 2.46. The maximum absolute atomic E-state index is 14.3. The Kier molecular flexibility index (Phi) is 9.19. The molecule has 2 aromatic carbocycles. The number of para-hydroxylation sites is 1. The summed E-state index contributed by atoms with van der Waals surface area (Å²) in [4.78, 5) is 41.9. The van der Waals surface area contributed by atoms with Crippen LogP contribution in [0.3, 0.4) is 0 Å². The van der Waals surface area contributed by atoms with Crippen molar-refractivity contribution in [1.82, 2.24) is 10.2 Å². The first-order valence-electron chi connectivity index (χ1n) is 14.4. The summed E-state index contributed by atoms with van der Waals surface area (Å²) in [6.07, 6.45) is 3.54. The van der Waals surface area contributed by atoms with E-state index in [1.54, 1.807) is 18.7 Å². The third-order valence-electron chi connectivity index (χ3n) is 8.57. The molecular formula is C32H43N3O5. The summed E-state index contributed by atoms with van der Waals surface area (Å²) >= 11 is 0. The number of nitrogens with one attached hydrogen (secondary N) is 1. The molecule has 0 aliphatic carbocycles. The van der Waals surface area contributed by atoms with Crippen molar-refractivity contribution in [1.29, 1.82) is 0 Å². The molecule has 4 atom stereocenters. The SMILES string of the molecule is CCC(C1CCOc2ccccc2C1)[C@@H](NC(=O)C(C)(C)N)C(=O)N1CCCC(Cc2ccccc2)(C(=O)O)C1. The van der Waals surface area contributed by atoms with E-state index < -0.39 is 28.9 Å². The Morgan fingerprint density at radius 1 is 1.15 bits per heavy atom. The van der Waals surface area contributed by atoms with Gasteiger partial charge in [0.15, 0.2) is 0 Å². The van der Waals surface area contributed by atoms with Crippen molar-refractivity contribution in [2.75, 3.05) is 19.7 Å². The topological polar surface area (TPSA) is 122 Å². The van der Waals surface area contributed by atoms with Crippen LogP contribution in [0, 0.1) is 17.3 Å². The Hall–Kier alpha value is -3.39. The molecule has 0 saturated carbocycles. The molecule has 4 N–H and O–H groups in total. The molecule has 2 heterocycles. The van der Waals surface area contributed by atoms with Gasteiger partial charge in [-0.05, 0) is 75.0 Å². The molecule has 0 bridgehead atoms. The summed E-state index contributed by atoms with van der Waals surface area (Å²) in [6.45, 7) is 6.36. The van der Waals surface area contributed by atoms with Gasteiger partial charge in [-0.2, -0.15) is 0 Å². The van der Waals surface area contributed by atoms with E-state index >= 15 is 0 Å². The van der Waals surface area contributed by atoms with E-state index in [0.29, 0.717) is 38.8 Å². The fourth-order valence-electron chi connectivity index (χ4n) is 6.30. The molecule has 0 aromatic heterocycles. The van der Waals surface area contributed by atoms with E-state index in [1.165, 1.54) is 0 Å². The van der Waals surface area contributed by atoms with Crippen LogP contribution in [0.4, 0.5) is 0 Å². The zero-order chi connectivity index (χ0) is 28.9. The standard InChI is InChI=1S/C32H43N3O5/c1-4-25(23-15-18-40-26-14-9-8-13-24(26)19-23)27(34-29(37)31(2,3)33)28(36)35-17-10-16-32(21-35,30(38)39)20-22-11-6-5-7-12-22/h5-9,11-14,23,25,27H,4,10,15-21,33H2,1-3H3,(H,34,37)(H,38,39)/t23?,25?,27-,32?/m1/s1. The van der Waals surface area contributed by atoms with Gasteiger partial charge in [-0.15, -0.1) is 0 Å². The predicted molar refractivity (Wildman–Crippen MR) is 154 cm³/mol. The van der Waals surface area contributed by atoms with Crippen LogP contribution in [0.5, 0.6) is 5.75 Å².